The van der Waals surface area contributed by atoms with E-state index < -0.39 is 5.54 Å². The number of anilines is 1. The maximum Gasteiger partial charge on any atom is 0.246 e. The summed E-state index contributed by atoms with van der Waals surface area (Å²) in [6.45, 7) is 11.9. The molecule has 0 aliphatic carbocycles. The molecule has 0 atom stereocenters. The van der Waals surface area contributed by atoms with Gasteiger partial charge in [0, 0.05) is 38.3 Å². The van der Waals surface area contributed by atoms with E-state index in [2.05, 4.69) is 15.4 Å². The molecule has 0 bridgehead atoms. The van der Waals surface area contributed by atoms with Crippen molar-refractivity contribution in [2.24, 2.45) is 5.92 Å². The Hall–Kier alpha value is -1.48. The number of nitrogens with zero attached hydrogens (tertiary/aromatic N) is 2. The molecule has 166 valence electrons. The molecule has 29 heavy (non-hydrogen) atoms. The van der Waals surface area contributed by atoms with Gasteiger partial charge in [-0.25, -0.2) is 0 Å². The van der Waals surface area contributed by atoms with E-state index in [0.717, 1.165) is 38.3 Å². The van der Waals surface area contributed by atoms with Gasteiger partial charge in [-0.1, -0.05) is 19.0 Å². The average Bonchev–Trinajstić information content (AvgIpc) is 3.15. The second-order valence-electron chi connectivity index (χ2n) is 8.96. The zero-order valence-electron chi connectivity index (χ0n) is 18.7. The van der Waals surface area contributed by atoms with Crippen LogP contribution in [0.25, 0.3) is 0 Å². The van der Waals surface area contributed by atoms with Crippen molar-refractivity contribution in [1.82, 2.24) is 10.1 Å². The van der Waals surface area contributed by atoms with E-state index in [1.165, 1.54) is 0 Å². The van der Waals surface area contributed by atoms with E-state index in [0.29, 0.717) is 31.6 Å². The van der Waals surface area contributed by atoms with Crippen molar-refractivity contribution in [2.45, 2.75) is 51.5 Å². The third-order valence-electron chi connectivity index (χ3n) is 5.72. The Morgan fingerprint density at radius 2 is 1.97 bits per heavy atom. The third-order valence-corrected chi connectivity index (χ3v) is 5.72. The molecule has 1 N–H and O–H groups in total. The van der Waals surface area contributed by atoms with Crippen LogP contribution >= 0.6 is 0 Å². The van der Waals surface area contributed by atoms with Crippen molar-refractivity contribution in [3.8, 4) is 0 Å². The van der Waals surface area contributed by atoms with E-state index in [1.807, 2.05) is 34.7 Å². The van der Waals surface area contributed by atoms with Crippen molar-refractivity contribution in [3.05, 3.63) is 11.8 Å². The molecule has 8 heteroatoms. The quantitative estimate of drug-likeness (QED) is 0.560. The van der Waals surface area contributed by atoms with Crippen LogP contribution in [0.3, 0.4) is 0 Å². The highest BCUT2D eigenvalue weighted by molar-refractivity contribution is 5.96. The number of amides is 1. The molecule has 8 nitrogen and oxygen atoms in total. The maximum atomic E-state index is 12.9. The van der Waals surface area contributed by atoms with E-state index in [-0.39, 0.29) is 11.3 Å². The minimum absolute atomic E-state index is 0.121. The van der Waals surface area contributed by atoms with Gasteiger partial charge in [-0.3, -0.25) is 15.0 Å². The zero-order valence-corrected chi connectivity index (χ0v) is 18.7. The molecule has 1 saturated heterocycles. The summed E-state index contributed by atoms with van der Waals surface area (Å²) < 4.78 is 21.4. The number of carbonyl (C=O) groups is 1. The molecule has 2 heterocycles. The largest absolute Gasteiger partial charge is 0.382 e. The van der Waals surface area contributed by atoms with Gasteiger partial charge < -0.3 is 18.7 Å². The highest BCUT2D eigenvalue weighted by atomic mass is 16.5. The van der Waals surface area contributed by atoms with Gasteiger partial charge in [-0.15, -0.1) is 0 Å². The zero-order chi connectivity index (χ0) is 21.5. The fourth-order valence-corrected chi connectivity index (χ4v) is 3.18. The van der Waals surface area contributed by atoms with E-state index in [1.54, 1.807) is 13.2 Å². The number of rotatable bonds is 11. The van der Waals surface area contributed by atoms with Gasteiger partial charge in [0.1, 0.15) is 0 Å². The molecular formula is C21H37N3O5. The number of ether oxygens (including phenoxy) is 3. The smallest absolute Gasteiger partial charge is 0.246 e. The molecule has 1 aromatic rings. The van der Waals surface area contributed by atoms with Crippen molar-refractivity contribution >= 4 is 11.8 Å². The van der Waals surface area contributed by atoms with Crippen LogP contribution in [-0.2, 0) is 24.4 Å². The minimum Gasteiger partial charge on any atom is -0.382 e. The minimum atomic E-state index is -0.677. The highest BCUT2D eigenvalue weighted by Crippen LogP contribution is 2.26. The molecule has 1 aromatic heterocycles. The van der Waals surface area contributed by atoms with Gasteiger partial charge >= 0.3 is 0 Å². The van der Waals surface area contributed by atoms with Crippen molar-refractivity contribution < 1.29 is 23.5 Å². The molecule has 1 fully saturated rings. The van der Waals surface area contributed by atoms with Crippen LogP contribution in [-0.4, -0.2) is 75.2 Å². The fraction of sp³-hybridized carbons (Fsp3) is 0.810. The number of methoxy groups -OCH3 is 1. The number of likely N-dealkylation sites (N-methyl/N-ethyl adjacent to an activating group) is 1. The summed E-state index contributed by atoms with van der Waals surface area (Å²) in [6.07, 6.45) is 2.07. The fourth-order valence-electron chi connectivity index (χ4n) is 3.18. The van der Waals surface area contributed by atoms with Crippen LogP contribution in [0.5, 0.6) is 0 Å². The van der Waals surface area contributed by atoms with Gasteiger partial charge in [0.2, 0.25) is 11.8 Å². The van der Waals surface area contributed by atoms with Crippen LogP contribution in [0.4, 0.5) is 5.88 Å². The van der Waals surface area contributed by atoms with Gasteiger partial charge in [0.05, 0.1) is 31.1 Å². The lowest BCUT2D eigenvalue weighted by Gasteiger charge is -2.37. The molecule has 0 aromatic carbocycles. The number of hydrogen-bond acceptors (Lipinski definition) is 7. The summed E-state index contributed by atoms with van der Waals surface area (Å²) in [7, 11) is 3.63. The Balaban J connectivity index is 1.92. The van der Waals surface area contributed by atoms with Crippen LogP contribution in [0.1, 0.15) is 46.2 Å². The second kappa shape index (κ2) is 10.5. The number of carbonyl (C=O) groups excluding carboxylic acids is 1. The van der Waals surface area contributed by atoms with Gasteiger partial charge in [0.25, 0.3) is 0 Å². The Labute approximate surface area is 174 Å². The van der Waals surface area contributed by atoms with Gasteiger partial charge in [0.15, 0.2) is 0 Å². The predicted molar refractivity (Wildman–Crippen MR) is 111 cm³/mol. The van der Waals surface area contributed by atoms with Crippen LogP contribution < -0.4 is 5.32 Å². The first-order valence-corrected chi connectivity index (χ1v) is 10.3. The van der Waals surface area contributed by atoms with Crippen molar-refractivity contribution in [1.29, 1.82) is 0 Å². The summed E-state index contributed by atoms with van der Waals surface area (Å²) in [6, 6.07) is 1.77. The number of hydrogen-bond donors (Lipinski definition) is 1. The van der Waals surface area contributed by atoms with Crippen molar-refractivity contribution in [3.63, 3.8) is 0 Å². The van der Waals surface area contributed by atoms with Gasteiger partial charge in [-0.2, -0.15) is 0 Å². The SMILES string of the molecule is COCCOCC(C)(C)c1cc(NC(=O)C(C)(C)N(C)CC2CCOCC2)on1. The Morgan fingerprint density at radius 1 is 1.28 bits per heavy atom. The summed E-state index contributed by atoms with van der Waals surface area (Å²) in [5.41, 5.74) is -0.279. The lowest BCUT2D eigenvalue weighted by Crippen LogP contribution is -2.52. The molecular weight excluding hydrogens is 374 g/mol. The summed E-state index contributed by atoms with van der Waals surface area (Å²) in [5.74, 6) is 0.781. The standard InChI is InChI=1S/C21H37N3O5/c1-20(2,15-28-12-11-26-6)17-13-18(29-23-17)22-19(25)21(3,4)24(5)14-16-7-9-27-10-8-16/h13,16H,7-12,14-15H2,1-6H3,(H,22,25). The summed E-state index contributed by atoms with van der Waals surface area (Å²) >= 11 is 0. The summed E-state index contributed by atoms with van der Waals surface area (Å²) in [4.78, 5) is 15.0. The highest BCUT2D eigenvalue weighted by Gasteiger charge is 2.35. The summed E-state index contributed by atoms with van der Waals surface area (Å²) in [5, 5.41) is 7.01. The normalized spacial score (nSPS) is 16.4. The molecule has 0 radical (unpaired) electrons. The first-order chi connectivity index (χ1) is 13.7. The van der Waals surface area contributed by atoms with E-state index >= 15 is 0 Å². The number of nitrogens with one attached hydrogen (secondary N) is 1. The third kappa shape index (κ3) is 6.77. The second-order valence-corrected chi connectivity index (χ2v) is 8.96. The molecule has 1 aliphatic rings. The van der Waals surface area contributed by atoms with Gasteiger partial charge in [-0.05, 0) is 39.7 Å². The molecule has 0 unspecified atom stereocenters. The topological polar surface area (TPSA) is 86.1 Å². The van der Waals surface area contributed by atoms with E-state index in [4.69, 9.17) is 18.7 Å². The Morgan fingerprint density at radius 3 is 2.62 bits per heavy atom. The van der Waals surface area contributed by atoms with Crippen LogP contribution in [0.15, 0.2) is 10.6 Å². The maximum absolute atomic E-state index is 12.9. The average molecular weight is 412 g/mol. The lowest BCUT2D eigenvalue weighted by molar-refractivity contribution is -0.126. The molecule has 2 rings (SSSR count). The first-order valence-electron chi connectivity index (χ1n) is 10.3. The van der Waals surface area contributed by atoms with Crippen LogP contribution in [0.2, 0.25) is 0 Å². The molecule has 0 spiro atoms. The van der Waals surface area contributed by atoms with Crippen LogP contribution in [0, 0.1) is 5.92 Å². The first kappa shape index (κ1) is 23.8. The monoisotopic (exact) mass is 411 g/mol. The lowest BCUT2D eigenvalue weighted by atomic mass is 9.90. The van der Waals surface area contributed by atoms with Crippen molar-refractivity contribution in [2.75, 3.05) is 59.1 Å². The Kier molecular flexibility index (Phi) is 8.63. The molecule has 1 amide bonds. The van der Waals surface area contributed by atoms with E-state index in [9.17, 15) is 4.79 Å². The molecule has 0 saturated carbocycles. The Bertz CT molecular complexity index is 638. The molecule has 1 aliphatic heterocycles. The predicted octanol–water partition coefficient (Wildman–Crippen LogP) is 2.69. The number of aromatic nitrogens is 1.